The van der Waals surface area contributed by atoms with Crippen LogP contribution in [0.2, 0.25) is 0 Å². The van der Waals surface area contributed by atoms with Crippen LogP contribution in [-0.4, -0.2) is 36.7 Å². The number of halogens is 2. The average Bonchev–Trinajstić information content (AvgIpc) is 3.14. The maximum absolute atomic E-state index is 13.4. The number of aromatic nitrogens is 1. The molecular weight excluding hydrogens is 432 g/mol. The molecule has 1 aromatic heterocycles. The fourth-order valence-corrected chi connectivity index (χ4v) is 5.92. The predicted molar refractivity (Wildman–Crippen MR) is 111 cm³/mol. The van der Waals surface area contributed by atoms with Gasteiger partial charge in [0.1, 0.15) is 0 Å². The van der Waals surface area contributed by atoms with Gasteiger partial charge in [0, 0.05) is 19.0 Å². The van der Waals surface area contributed by atoms with Gasteiger partial charge in [-0.1, -0.05) is 23.5 Å². The molecule has 0 atom stereocenters. The number of fused-ring (bicyclic) bond motifs is 1. The van der Waals surface area contributed by atoms with Crippen LogP contribution in [0.15, 0.2) is 41.3 Å². The van der Waals surface area contributed by atoms with Crippen LogP contribution in [-0.2, 0) is 14.8 Å². The van der Waals surface area contributed by atoms with E-state index in [1.54, 1.807) is 0 Å². The van der Waals surface area contributed by atoms with Gasteiger partial charge in [-0.25, -0.2) is 22.2 Å². The van der Waals surface area contributed by atoms with Crippen LogP contribution in [0.5, 0.6) is 0 Å². The molecule has 6 nitrogen and oxygen atoms in total. The molecule has 0 bridgehead atoms. The summed E-state index contributed by atoms with van der Waals surface area (Å²) in [5.41, 5.74) is 1.88. The van der Waals surface area contributed by atoms with Gasteiger partial charge in [0.2, 0.25) is 15.9 Å². The Balaban J connectivity index is 1.41. The molecule has 4 rings (SSSR count). The van der Waals surface area contributed by atoms with Gasteiger partial charge in [0.05, 0.1) is 15.1 Å². The molecule has 10 heteroatoms. The van der Waals surface area contributed by atoms with Crippen molar-refractivity contribution in [3.05, 3.63) is 53.6 Å². The Labute approximate surface area is 176 Å². The van der Waals surface area contributed by atoms with Gasteiger partial charge in [-0.05, 0) is 49.6 Å². The quantitative estimate of drug-likeness (QED) is 0.652. The number of hydrogen-bond acceptors (Lipinski definition) is 5. The summed E-state index contributed by atoms with van der Waals surface area (Å²) in [5.74, 6) is -2.86. The SMILES string of the molecule is Cc1cccc2sc(NC(=O)C3CCN(S(=O)(=O)c4ccc(F)c(F)c4)CC3)nc12. The molecule has 0 aliphatic carbocycles. The predicted octanol–water partition coefficient (Wildman–Crippen LogP) is 3.92. The van der Waals surface area contributed by atoms with Crippen molar-refractivity contribution in [1.82, 2.24) is 9.29 Å². The Morgan fingerprint density at radius 1 is 1.17 bits per heavy atom. The van der Waals surface area contributed by atoms with Gasteiger partial charge in [-0.2, -0.15) is 4.31 Å². The van der Waals surface area contributed by atoms with Crippen LogP contribution in [0.25, 0.3) is 10.2 Å². The zero-order chi connectivity index (χ0) is 21.5. The number of anilines is 1. The Bertz CT molecular complexity index is 1220. The molecule has 1 aliphatic heterocycles. The smallest absolute Gasteiger partial charge is 0.243 e. The molecule has 1 amide bonds. The summed E-state index contributed by atoms with van der Waals surface area (Å²) >= 11 is 1.39. The number of amides is 1. The standard InChI is InChI=1S/C20H19F2N3O3S2/c1-12-3-2-4-17-18(12)23-20(29-17)24-19(26)13-7-9-25(10-8-13)30(27,28)14-5-6-15(21)16(22)11-14/h2-6,11,13H,7-10H2,1H3,(H,23,24,26). The molecule has 1 N–H and O–H groups in total. The average molecular weight is 452 g/mol. The minimum atomic E-state index is -3.95. The summed E-state index contributed by atoms with van der Waals surface area (Å²) in [5, 5.41) is 3.35. The first kappa shape index (κ1) is 20.8. The molecule has 158 valence electrons. The lowest BCUT2D eigenvalue weighted by Crippen LogP contribution is -2.41. The van der Waals surface area contributed by atoms with Crippen LogP contribution < -0.4 is 5.32 Å². The highest BCUT2D eigenvalue weighted by atomic mass is 32.2. The highest BCUT2D eigenvalue weighted by Crippen LogP contribution is 2.30. The number of benzene rings is 2. The maximum Gasteiger partial charge on any atom is 0.243 e. The van der Waals surface area contributed by atoms with Crippen molar-refractivity contribution in [3.63, 3.8) is 0 Å². The molecule has 1 aliphatic rings. The van der Waals surface area contributed by atoms with Gasteiger partial charge < -0.3 is 5.32 Å². The normalized spacial score (nSPS) is 16.1. The van der Waals surface area contributed by atoms with E-state index in [1.807, 2.05) is 25.1 Å². The first-order valence-corrected chi connectivity index (χ1v) is 11.6. The number of piperidine rings is 1. The van der Waals surface area contributed by atoms with E-state index < -0.39 is 21.7 Å². The number of rotatable bonds is 4. The molecule has 2 aromatic carbocycles. The van der Waals surface area contributed by atoms with Crippen LogP contribution in [0.4, 0.5) is 13.9 Å². The molecule has 0 saturated carbocycles. The highest BCUT2D eigenvalue weighted by Gasteiger charge is 2.32. The monoisotopic (exact) mass is 451 g/mol. The van der Waals surface area contributed by atoms with E-state index in [0.29, 0.717) is 24.0 Å². The number of carbonyl (C=O) groups is 1. The number of carbonyl (C=O) groups excluding carboxylic acids is 1. The number of sulfonamides is 1. The minimum Gasteiger partial charge on any atom is -0.302 e. The number of para-hydroxylation sites is 1. The number of hydrogen-bond donors (Lipinski definition) is 1. The van der Waals surface area contributed by atoms with Crippen molar-refractivity contribution in [1.29, 1.82) is 0 Å². The van der Waals surface area contributed by atoms with Gasteiger partial charge >= 0.3 is 0 Å². The summed E-state index contributed by atoms with van der Waals surface area (Å²) in [6.45, 7) is 2.20. The summed E-state index contributed by atoms with van der Waals surface area (Å²) < 4.78 is 54.1. The lowest BCUT2D eigenvalue weighted by atomic mass is 9.97. The van der Waals surface area contributed by atoms with Crippen molar-refractivity contribution >= 4 is 42.6 Å². The Morgan fingerprint density at radius 3 is 2.57 bits per heavy atom. The first-order chi connectivity index (χ1) is 14.3. The second-order valence-corrected chi connectivity index (χ2v) is 10.2. The lowest BCUT2D eigenvalue weighted by molar-refractivity contribution is -0.120. The lowest BCUT2D eigenvalue weighted by Gasteiger charge is -2.30. The maximum atomic E-state index is 13.4. The van der Waals surface area contributed by atoms with E-state index in [4.69, 9.17) is 0 Å². The minimum absolute atomic E-state index is 0.123. The van der Waals surface area contributed by atoms with Crippen molar-refractivity contribution in [3.8, 4) is 0 Å². The van der Waals surface area contributed by atoms with Crippen LogP contribution in [0.1, 0.15) is 18.4 Å². The third-order valence-corrected chi connectivity index (χ3v) is 8.04. The zero-order valence-electron chi connectivity index (χ0n) is 16.1. The van der Waals surface area contributed by atoms with Crippen LogP contribution >= 0.6 is 11.3 Å². The molecule has 1 saturated heterocycles. The molecule has 1 fully saturated rings. The van der Waals surface area contributed by atoms with E-state index in [-0.39, 0.29) is 29.8 Å². The van der Waals surface area contributed by atoms with Crippen molar-refractivity contribution in [2.45, 2.75) is 24.7 Å². The van der Waals surface area contributed by atoms with Crippen molar-refractivity contribution in [2.24, 2.45) is 5.92 Å². The third-order valence-electron chi connectivity index (χ3n) is 5.20. The van der Waals surface area contributed by atoms with Crippen molar-refractivity contribution < 1.29 is 22.0 Å². The van der Waals surface area contributed by atoms with Gasteiger partial charge in [0.25, 0.3) is 0 Å². The third kappa shape index (κ3) is 3.94. The number of nitrogens with zero attached hydrogens (tertiary/aromatic N) is 2. The van der Waals surface area contributed by atoms with Crippen molar-refractivity contribution in [2.75, 3.05) is 18.4 Å². The van der Waals surface area contributed by atoms with E-state index in [1.165, 1.54) is 15.6 Å². The second kappa shape index (κ2) is 8.01. The second-order valence-electron chi connectivity index (χ2n) is 7.18. The Morgan fingerprint density at radius 2 is 1.90 bits per heavy atom. The first-order valence-electron chi connectivity index (χ1n) is 9.38. The number of nitrogens with one attached hydrogen (secondary N) is 1. The van der Waals surface area contributed by atoms with E-state index >= 15 is 0 Å². The Hall–Kier alpha value is -2.43. The van der Waals surface area contributed by atoms with E-state index in [2.05, 4.69) is 10.3 Å². The molecule has 3 aromatic rings. The molecular formula is C20H19F2N3O3S2. The largest absolute Gasteiger partial charge is 0.302 e. The zero-order valence-corrected chi connectivity index (χ0v) is 17.7. The number of thiazole rings is 1. The van der Waals surface area contributed by atoms with E-state index in [9.17, 15) is 22.0 Å². The van der Waals surface area contributed by atoms with Gasteiger partial charge in [-0.3, -0.25) is 4.79 Å². The van der Waals surface area contributed by atoms with E-state index in [0.717, 1.165) is 27.9 Å². The number of aryl methyl sites for hydroxylation is 1. The molecule has 0 radical (unpaired) electrons. The summed E-state index contributed by atoms with van der Waals surface area (Å²) in [6.07, 6.45) is 0.664. The van der Waals surface area contributed by atoms with Crippen LogP contribution in [0, 0.1) is 24.5 Å². The molecule has 2 heterocycles. The molecule has 0 unspecified atom stereocenters. The summed E-state index contributed by atoms with van der Waals surface area (Å²) in [7, 11) is -3.95. The molecule has 30 heavy (non-hydrogen) atoms. The topological polar surface area (TPSA) is 79.4 Å². The summed E-state index contributed by atoms with van der Waals surface area (Å²) in [6, 6.07) is 8.35. The van der Waals surface area contributed by atoms with Gasteiger partial charge in [-0.15, -0.1) is 0 Å². The van der Waals surface area contributed by atoms with Gasteiger partial charge in [0.15, 0.2) is 16.8 Å². The molecule has 0 spiro atoms. The van der Waals surface area contributed by atoms with Crippen LogP contribution in [0.3, 0.4) is 0 Å². The fourth-order valence-electron chi connectivity index (χ4n) is 3.49. The highest BCUT2D eigenvalue weighted by molar-refractivity contribution is 7.89. The fraction of sp³-hybridized carbons (Fsp3) is 0.300. The summed E-state index contributed by atoms with van der Waals surface area (Å²) in [4.78, 5) is 16.8. The Kier molecular flexibility index (Phi) is 5.56.